The van der Waals surface area contributed by atoms with Gasteiger partial charge in [-0.15, -0.1) is 0 Å². The summed E-state index contributed by atoms with van der Waals surface area (Å²) in [6, 6.07) is 1.54. The Bertz CT molecular complexity index is 398. The molecule has 3 atom stereocenters. The van der Waals surface area contributed by atoms with Crippen molar-refractivity contribution in [1.29, 1.82) is 0 Å². The summed E-state index contributed by atoms with van der Waals surface area (Å²) >= 11 is 0. The molecule has 102 valence electrons. The van der Waals surface area contributed by atoms with Crippen LogP contribution < -0.4 is 5.73 Å². The molecular formula is C14H26N4. The lowest BCUT2D eigenvalue weighted by Gasteiger charge is -2.44. The van der Waals surface area contributed by atoms with Crippen LogP contribution in [-0.4, -0.2) is 33.3 Å². The molecule has 2 N–H and O–H groups in total. The first-order valence-corrected chi connectivity index (χ1v) is 7.02. The minimum Gasteiger partial charge on any atom is -0.329 e. The molecule has 0 radical (unpaired) electrons. The lowest BCUT2D eigenvalue weighted by atomic mass is 9.92. The topological polar surface area (TPSA) is 47.1 Å². The van der Waals surface area contributed by atoms with Gasteiger partial charge in [-0.2, -0.15) is 5.10 Å². The fraction of sp³-hybridized carbons (Fsp3) is 0.786. The summed E-state index contributed by atoms with van der Waals surface area (Å²) in [7, 11) is 1.99. The van der Waals surface area contributed by atoms with Crippen LogP contribution in [0.3, 0.4) is 0 Å². The number of nitrogens with two attached hydrogens (primary N) is 1. The van der Waals surface area contributed by atoms with Gasteiger partial charge in [-0.3, -0.25) is 9.58 Å². The zero-order valence-corrected chi connectivity index (χ0v) is 12.1. The summed E-state index contributed by atoms with van der Waals surface area (Å²) < 4.78 is 1.91. The first kappa shape index (κ1) is 13.6. The number of hydrogen-bond donors (Lipinski definition) is 1. The van der Waals surface area contributed by atoms with Gasteiger partial charge in [0, 0.05) is 43.5 Å². The van der Waals surface area contributed by atoms with E-state index in [2.05, 4.69) is 37.0 Å². The van der Waals surface area contributed by atoms with Crippen LogP contribution >= 0.6 is 0 Å². The van der Waals surface area contributed by atoms with E-state index in [0.29, 0.717) is 18.1 Å². The van der Waals surface area contributed by atoms with Crippen molar-refractivity contribution in [2.24, 2.45) is 12.8 Å². The quantitative estimate of drug-likeness (QED) is 0.892. The lowest BCUT2D eigenvalue weighted by Crippen LogP contribution is -2.49. The van der Waals surface area contributed by atoms with Crippen molar-refractivity contribution in [2.45, 2.75) is 58.2 Å². The van der Waals surface area contributed by atoms with Gasteiger partial charge in [-0.1, -0.05) is 6.42 Å². The summed E-state index contributed by atoms with van der Waals surface area (Å²) in [5.74, 6) is 0. The summed E-state index contributed by atoms with van der Waals surface area (Å²) in [6.45, 7) is 7.46. The van der Waals surface area contributed by atoms with Gasteiger partial charge in [0.2, 0.25) is 0 Å². The highest BCUT2D eigenvalue weighted by molar-refractivity contribution is 5.20. The number of aromatic nitrogens is 2. The fourth-order valence-electron chi connectivity index (χ4n) is 3.43. The first-order valence-electron chi connectivity index (χ1n) is 7.02. The van der Waals surface area contributed by atoms with Crippen LogP contribution in [0.25, 0.3) is 0 Å². The van der Waals surface area contributed by atoms with Crippen LogP contribution in [0.2, 0.25) is 0 Å². The molecule has 0 spiro atoms. The Kier molecular flexibility index (Phi) is 4.07. The van der Waals surface area contributed by atoms with Gasteiger partial charge in [0.1, 0.15) is 0 Å². The van der Waals surface area contributed by atoms with Gasteiger partial charge in [-0.05, 0) is 33.6 Å². The Morgan fingerprint density at radius 2 is 2.22 bits per heavy atom. The van der Waals surface area contributed by atoms with Crippen molar-refractivity contribution in [3.8, 4) is 0 Å². The van der Waals surface area contributed by atoms with Gasteiger partial charge in [0.15, 0.2) is 0 Å². The Hall–Kier alpha value is -0.870. The van der Waals surface area contributed by atoms with Gasteiger partial charge in [-0.25, -0.2) is 0 Å². The molecule has 18 heavy (non-hydrogen) atoms. The number of piperidine rings is 1. The fourth-order valence-corrected chi connectivity index (χ4v) is 3.43. The third-order valence-corrected chi connectivity index (χ3v) is 4.31. The van der Waals surface area contributed by atoms with Gasteiger partial charge in [0.25, 0.3) is 0 Å². The molecule has 1 saturated heterocycles. The number of aryl methyl sites for hydroxylation is 2. The number of nitrogens with zero attached hydrogens (tertiary/aromatic N) is 3. The zero-order valence-electron chi connectivity index (χ0n) is 12.1. The van der Waals surface area contributed by atoms with E-state index < -0.39 is 0 Å². The van der Waals surface area contributed by atoms with E-state index in [0.717, 1.165) is 12.2 Å². The van der Waals surface area contributed by atoms with Crippen LogP contribution in [-0.2, 0) is 7.05 Å². The molecule has 0 aliphatic carbocycles. The Morgan fingerprint density at radius 3 is 2.78 bits per heavy atom. The molecule has 0 saturated carbocycles. The van der Waals surface area contributed by atoms with E-state index in [9.17, 15) is 0 Å². The van der Waals surface area contributed by atoms with Gasteiger partial charge < -0.3 is 5.73 Å². The van der Waals surface area contributed by atoms with Crippen LogP contribution in [0.15, 0.2) is 6.20 Å². The molecule has 1 aliphatic heterocycles. The van der Waals surface area contributed by atoms with Gasteiger partial charge in [0.05, 0.1) is 5.69 Å². The van der Waals surface area contributed by atoms with Crippen LogP contribution in [0.5, 0.6) is 0 Å². The van der Waals surface area contributed by atoms with Crippen molar-refractivity contribution < 1.29 is 0 Å². The van der Waals surface area contributed by atoms with Crippen LogP contribution in [0, 0.1) is 6.92 Å². The Morgan fingerprint density at radius 1 is 1.50 bits per heavy atom. The molecule has 2 rings (SSSR count). The average molecular weight is 250 g/mol. The summed E-state index contributed by atoms with van der Waals surface area (Å²) in [4.78, 5) is 2.59. The van der Waals surface area contributed by atoms with Crippen molar-refractivity contribution in [3.63, 3.8) is 0 Å². The molecule has 4 heteroatoms. The second-order valence-electron chi connectivity index (χ2n) is 5.64. The molecule has 1 aliphatic rings. The molecule has 2 heterocycles. The van der Waals surface area contributed by atoms with Crippen molar-refractivity contribution in [1.82, 2.24) is 14.7 Å². The van der Waals surface area contributed by atoms with Gasteiger partial charge >= 0.3 is 0 Å². The number of rotatable bonds is 3. The second-order valence-corrected chi connectivity index (χ2v) is 5.64. The summed E-state index contributed by atoms with van der Waals surface area (Å²) in [5, 5.41) is 4.46. The molecule has 1 aromatic rings. The highest BCUT2D eigenvalue weighted by atomic mass is 15.3. The monoisotopic (exact) mass is 250 g/mol. The molecule has 0 amide bonds. The third kappa shape index (κ3) is 2.45. The van der Waals surface area contributed by atoms with Crippen molar-refractivity contribution in [2.75, 3.05) is 6.54 Å². The molecular weight excluding hydrogens is 224 g/mol. The highest BCUT2D eigenvalue weighted by Crippen LogP contribution is 2.32. The maximum atomic E-state index is 5.95. The van der Waals surface area contributed by atoms with E-state index >= 15 is 0 Å². The maximum absolute atomic E-state index is 5.95. The molecule has 4 nitrogen and oxygen atoms in total. The van der Waals surface area contributed by atoms with Crippen LogP contribution in [0.4, 0.5) is 0 Å². The SMILES string of the molecule is Cc1nn(C)cc1C(C)N1C(C)CCCC1CN. The molecule has 0 aromatic carbocycles. The summed E-state index contributed by atoms with van der Waals surface area (Å²) in [5.41, 5.74) is 8.43. The molecule has 1 fully saturated rings. The molecule has 1 aromatic heterocycles. The lowest BCUT2D eigenvalue weighted by molar-refractivity contribution is 0.0567. The number of hydrogen-bond acceptors (Lipinski definition) is 3. The Balaban J connectivity index is 2.24. The second kappa shape index (κ2) is 5.41. The predicted octanol–water partition coefficient (Wildman–Crippen LogP) is 1.99. The minimum atomic E-state index is 0.405. The molecule has 3 unspecified atom stereocenters. The Labute approximate surface area is 110 Å². The van der Waals surface area contributed by atoms with Crippen LogP contribution in [0.1, 0.15) is 50.4 Å². The van der Waals surface area contributed by atoms with Crippen molar-refractivity contribution >= 4 is 0 Å². The van der Waals surface area contributed by atoms with E-state index in [1.165, 1.54) is 24.8 Å². The smallest absolute Gasteiger partial charge is 0.0641 e. The normalized spacial score (nSPS) is 27.4. The van der Waals surface area contributed by atoms with E-state index in [4.69, 9.17) is 5.73 Å². The van der Waals surface area contributed by atoms with E-state index in [1.54, 1.807) is 0 Å². The molecule has 0 bridgehead atoms. The first-order chi connectivity index (χ1) is 8.54. The third-order valence-electron chi connectivity index (χ3n) is 4.31. The number of likely N-dealkylation sites (tertiary alicyclic amines) is 1. The summed E-state index contributed by atoms with van der Waals surface area (Å²) in [6.07, 6.45) is 5.96. The highest BCUT2D eigenvalue weighted by Gasteiger charge is 2.32. The average Bonchev–Trinajstić information content (AvgIpc) is 2.67. The van der Waals surface area contributed by atoms with E-state index in [-0.39, 0.29) is 0 Å². The predicted molar refractivity (Wildman–Crippen MR) is 74.4 cm³/mol. The maximum Gasteiger partial charge on any atom is 0.0641 e. The standard InChI is InChI=1S/C14H26N4/c1-10-6-5-7-13(8-15)18(10)12(3)14-9-17(4)16-11(14)2/h9-10,12-13H,5-8,15H2,1-4H3. The largest absolute Gasteiger partial charge is 0.329 e. The zero-order chi connectivity index (χ0) is 13.3. The minimum absolute atomic E-state index is 0.405. The van der Waals surface area contributed by atoms with Crippen molar-refractivity contribution in [3.05, 3.63) is 17.5 Å². The van der Waals surface area contributed by atoms with E-state index in [1.807, 2.05) is 11.7 Å².